The highest BCUT2D eigenvalue weighted by atomic mass is 32.2. The second kappa shape index (κ2) is 13.6. The monoisotopic (exact) mass is 671 g/mol. The lowest BCUT2D eigenvalue weighted by molar-refractivity contribution is -0.0563. The smallest absolute Gasteiger partial charge is 0.335 e. The molecule has 11 nitrogen and oxygen atoms in total. The molecule has 4 rings (SSSR count). The highest BCUT2D eigenvalue weighted by molar-refractivity contribution is 8.22. The van der Waals surface area contributed by atoms with Crippen molar-refractivity contribution in [2.75, 3.05) is 24.7 Å². The third-order valence-electron chi connectivity index (χ3n) is 8.40. The van der Waals surface area contributed by atoms with Gasteiger partial charge in [-0.3, -0.25) is 14.3 Å². The molecule has 2 saturated heterocycles. The van der Waals surface area contributed by atoms with Crippen LogP contribution < -0.4 is 10.9 Å². The molecular formula is C28H49N5O6S2Si2. The molecule has 0 bridgehead atoms. The number of hydrogen-bond acceptors (Lipinski definition) is 11. The average Bonchev–Trinajstić information content (AvgIpc) is 3.48. The summed E-state index contributed by atoms with van der Waals surface area (Å²) in [5, 5.41) is 3.21. The van der Waals surface area contributed by atoms with Crippen LogP contribution in [0.5, 0.6) is 0 Å². The topological polar surface area (TPSA) is 122 Å². The summed E-state index contributed by atoms with van der Waals surface area (Å²) in [6.45, 7) is 22.6. The number of nitrogens with zero attached hydrogens (tertiary/aromatic N) is 3. The molecule has 1 unspecified atom stereocenters. The van der Waals surface area contributed by atoms with Crippen molar-refractivity contribution in [3.05, 3.63) is 16.7 Å². The van der Waals surface area contributed by atoms with Crippen molar-refractivity contribution in [2.24, 2.45) is 5.92 Å². The zero-order valence-corrected chi connectivity index (χ0v) is 30.9. The van der Waals surface area contributed by atoms with Gasteiger partial charge in [0.2, 0.25) is 10.3 Å². The summed E-state index contributed by atoms with van der Waals surface area (Å²) in [6.07, 6.45) is 1.09. The Kier molecular flexibility index (Phi) is 10.9. The summed E-state index contributed by atoms with van der Waals surface area (Å²) in [4.78, 5) is 24.9. The van der Waals surface area contributed by atoms with E-state index in [0.29, 0.717) is 28.4 Å². The number of rotatable bonds is 9. The second-order valence-electron chi connectivity index (χ2n) is 13.2. The predicted octanol–water partition coefficient (Wildman–Crippen LogP) is 6.07. The minimum atomic E-state index is -2.96. The fourth-order valence-corrected chi connectivity index (χ4v) is 17.7. The maximum absolute atomic E-state index is 13.0. The predicted molar refractivity (Wildman–Crippen MR) is 180 cm³/mol. The Balaban J connectivity index is 1.85. The van der Waals surface area contributed by atoms with Crippen molar-refractivity contribution in [1.29, 1.82) is 0 Å². The van der Waals surface area contributed by atoms with Crippen LogP contribution in [-0.2, 0) is 22.4 Å². The number of nitrogens with one attached hydrogen (secondary N) is 2. The summed E-state index contributed by atoms with van der Waals surface area (Å²) in [6, 6.07) is 0. The van der Waals surface area contributed by atoms with Gasteiger partial charge in [0.05, 0.1) is 12.9 Å². The average molecular weight is 672 g/mol. The van der Waals surface area contributed by atoms with Crippen molar-refractivity contribution >= 4 is 62.6 Å². The van der Waals surface area contributed by atoms with Gasteiger partial charge in [0.25, 0.3) is 5.56 Å². The molecule has 242 valence electrons. The van der Waals surface area contributed by atoms with Gasteiger partial charge in [-0.1, -0.05) is 81.0 Å². The summed E-state index contributed by atoms with van der Waals surface area (Å²) in [7, 11) is -5.72. The molecular weight excluding hydrogens is 623 g/mol. The largest absolute Gasteiger partial charge is 0.468 e. The molecule has 2 aromatic rings. The number of thioether (sulfide) groups is 1. The molecule has 0 amide bonds. The molecule has 0 radical (unpaired) electrons. The van der Waals surface area contributed by atoms with E-state index in [0.717, 1.165) is 0 Å². The zero-order chi connectivity index (χ0) is 31.9. The SMILES string of the molecule is CSC(=S)OC1[C@H]2O[Si](C(C)C)(C(C)C)O[Si](C(C)C)(C(C)C)OC[C@H]2O[C@H]1n1cnc2c(=O)[nH]c(NCC(C)C)nc21. The van der Waals surface area contributed by atoms with Gasteiger partial charge in [0, 0.05) is 6.54 Å². The van der Waals surface area contributed by atoms with Gasteiger partial charge in [-0.2, -0.15) is 4.98 Å². The van der Waals surface area contributed by atoms with E-state index in [4.69, 9.17) is 39.6 Å². The molecule has 4 heterocycles. The van der Waals surface area contributed by atoms with Crippen LogP contribution in [0.3, 0.4) is 0 Å². The molecule has 15 heteroatoms. The van der Waals surface area contributed by atoms with E-state index in [1.807, 2.05) is 6.26 Å². The van der Waals surface area contributed by atoms with Gasteiger partial charge < -0.3 is 27.8 Å². The number of fused-ring (bicyclic) bond motifs is 2. The quantitative estimate of drug-likeness (QED) is 0.239. The Morgan fingerprint density at radius 1 is 1.12 bits per heavy atom. The lowest BCUT2D eigenvalue weighted by Gasteiger charge is -2.51. The van der Waals surface area contributed by atoms with Gasteiger partial charge in [-0.05, 0) is 46.6 Å². The van der Waals surface area contributed by atoms with Crippen LogP contribution in [0.4, 0.5) is 5.95 Å². The van der Waals surface area contributed by atoms with Crippen molar-refractivity contribution < 1.29 is 22.4 Å². The highest BCUT2D eigenvalue weighted by Gasteiger charge is 2.62. The Hall–Kier alpha value is -1.34. The van der Waals surface area contributed by atoms with Crippen LogP contribution in [0.1, 0.15) is 75.5 Å². The Bertz CT molecular complexity index is 1320. The zero-order valence-electron chi connectivity index (χ0n) is 27.3. The van der Waals surface area contributed by atoms with E-state index in [1.54, 1.807) is 10.9 Å². The molecule has 43 heavy (non-hydrogen) atoms. The number of thiocarbonyl (C=S) groups is 1. The molecule has 2 N–H and O–H groups in total. The molecule has 2 aliphatic heterocycles. The minimum Gasteiger partial charge on any atom is -0.468 e. The van der Waals surface area contributed by atoms with Crippen LogP contribution in [0.25, 0.3) is 11.2 Å². The fourth-order valence-electron chi connectivity index (χ4n) is 6.13. The maximum atomic E-state index is 13.0. The highest BCUT2D eigenvalue weighted by Crippen LogP contribution is 2.49. The number of anilines is 1. The number of aromatic nitrogens is 4. The molecule has 4 atom stereocenters. The normalized spacial score (nSPS) is 25.5. The Morgan fingerprint density at radius 3 is 2.30 bits per heavy atom. The Labute approximate surface area is 267 Å². The van der Waals surface area contributed by atoms with E-state index in [1.165, 1.54) is 11.8 Å². The number of H-pyrrole nitrogens is 1. The van der Waals surface area contributed by atoms with Crippen LogP contribution >= 0.6 is 24.0 Å². The van der Waals surface area contributed by atoms with E-state index in [9.17, 15) is 4.79 Å². The Morgan fingerprint density at radius 2 is 1.74 bits per heavy atom. The van der Waals surface area contributed by atoms with E-state index in [2.05, 4.69) is 84.5 Å². The number of ether oxygens (including phenoxy) is 2. The third-order valence-corrected chi connectivity index (χ3v) is 19.7. The summed E-state index contributed by atoms with van der Waals surface area (Å²) < 4.78 is 37.0. The van der Waals surface area contributed by atoms with Crippen molar-refractivity contribution in [2.45, 2.75) is 116 Å². The summed E-state index contributed by atoms with van der Waals surface area (Å²) in [5.74, 6) is 0.737. The van der Waals surface area contributed by atoms with Gasteiger partial charge in [-0.25, -0.2) is 4.98 Å². The van der Waals surface area contributed by atoms with E-state index in [-0.39, 0.29) is 39.8 Å². The third kappa shape index (κ3) is 6.64. The van der Waals surface area contributed by atoms with Crippen molar-refractivity contribution in [1.82, 2.24) is 19.5 Å². The van der Waals surface area contributed by atoms with E-state index >= 15 is 0 Å². The summed E-state index contributed by atoms with van der Waals surface area (Å²) in [5.41, 5.74) is 0.949. The van der Waals surface area contributed by atoms with Crippen molar-refractivity contribution in [3.63, 3.8) is 0 Å². The first kappa shape index (κ1) is 34.5. The van der Waals surface area contributed by atoms with Gasteiger partial charge in [0.15, 0.2) is 23.5 Å². The molecule has 0 saturated carbocycles. The van der Waals surface area contributed by atoms with Crippen LogP contribution in [0.2, 0.25) is 22.2 Å². The first-order chi connectivity index (χ1) is 20.2. The second-order valence-corrected chi connectivity index (χ2v) is 23.4. The molecule has 0 spiro atoms. The lowest BCUT2D eigenvalue weighted by atomic mass is 10.1. The maximum Gasteiger partial charge on any atom is 0.335 e. The lowest BCUT2D eigenvalue weighted by Crippen LogP contribution is -2.66. The molecule has 2 aliphatic rings. The van der Waals surface area contributed by atoms with Gasteiger partial charge in [-0.15, -0.1) is 0 Å². The minimum absolute atomic E-state index is 0.135. The first-order valence-corrected chi connectivity index (χ1v) is 20.9. The summed E-state index contributed by atoms with van der Waals surface area (Å²) >= 11 is 6.92. The molecule has 0 aliphatic carbocycles. The molecule has 0 aromatic carbocycles. The number of imidazole rings is 1. The van der Waals surface area contributed by atoms with Crippen molar-refractivity contribution in [3.8, 4) is 0 Å². The molecule has 2 aromatic heterocycles. The van der Waals surface area contributed by atoms with Crippen LogP contribution in [0, 0.1) is 5.92 Å². The van der Waals surface area contributed by atoms with Crippen LogP contribution in [-0.4, -0.2) is 78.7 Å². The first-order valence-electron chi connectivity index (χ1n) is 15.3. The van der Waals surface area contributed by atoms with Gasteiger partial charge in [0.1, 0.15) is 12.2 Å². The van der Waals surface area contributed by atoms with Crippen LogP contribution in [0.15, 0.2) is 11.1 Å². The van der Waals surface area contributed by atoms with E-state index < -0.39 is 41.7 Å². The molecule has 2 fully saturated rings. The van der Waals surface area contributed by atoms with Gasteiger partial charge >= 0.3 is 17.1 Å². The fraction of sp³-hybridized carbons (Fsp3) is 0.786. The number of aromatic amines is 1. The number of hydrogen-bond donors (Lipinski definition) is 2. The standard InChI is InChI=1S/C28H49N5O6S2Si2/c1-15(2)12-29-27-31-24-21(25(34)32-27)30-14-33(24)26-23(37-28(40)41-11)22-20(36-26)13-35-42(16(3)4,17(5)6)39-43(38-22,18(7)8)19(9)10/h14-20,22-23,26H,12-13H2,1-11H3,(H2,29,31,32,34)/t20-,22+,23?,26-/m1/s1.